The second kappa shape index (κ2) is 8.12. The molecule has 2 heterocycles. The standard InChI is InChI=1S/C23H22F5NO5S2/c1-12-10-15-16-11-34-21-18(25)7-6-17(24)20(21)22(16,9-8-19(15)29-36(12,32)33)35(30,31)14-4-2-13(3-5-14)23(26,27)28/h2-7,12,15-16,19,29H,8-11H2,1H3/t12-,15-,16+,19+,22+/m0/s1. The quantitative estimate of drug-likeness (QED) is 0.567. The summed E-state index contributed by atoms with van der Waals surface area (Å²) in [6.45, 7) is 1.14. The zero-order chi connectivity index (χ0) is 26.3. The van der Waals surface area contributed by atoms with Crippen molar-refractivity contribution in [3.63, 3.8) is 0 Å². The molecule has 6 nitrogen and oxygen atoms in total. The summed E-state index contributed by atoms with van der Waals surface area (Å²) < 4.78 is 129. The average molecular weight is 552 g/mol. The summed E-state index contributed by atoms with van der Waals surface area (Å²) in [6.07, 6.45) is -4.92. The molecular weight excluding hydrogens is 529 g/mol. The molecule has 2 fully saturated rings. The number of rotatable bonds is 2. The number of hydrogen-bond acceptors (Lipinski definition) is 5. The van der Waals surface area contributed by atoms with E-state index in [1.165, 1.54) is 6.92 Å². The lowest BCUT2D eigenvalue weighted by Crippen LogP contribution is -2.63. The van der Waals surface area contributed by atoms with Gasteiger partial charge >= 0.3 is 6.18 Å². The van der Waals surface area contributed by atoms with Crippen LogP contribution in [0.4, 0.5) is 22.0 Å². The predicted molar refractivity (Wildman–Crippen MR) is 118 cm³/mol. The van der Waals surface area contributed by atoms with Crippen LogP contribution in [0.25, 0.3) is 0 Å². The molecule has 5 rings (SSSR count). The molecule has 1 N–H and O–H groups in total. The molecule has 1 aliphatic carbocycles. The van der Waals surface area contributed by atoms with Crippen molar-refractivity contribution < 1.29 is 43.5 Å². The summed E-state index contributed by atoms with van der Waals surface area (Å²) in [7, 11) is -8.28. The Morgan fingerprint density at radius 2 is 1.69 bits per heavy atom. The van der Waals surface area contributed by atoms with E-state index >= 15 is 4.39 Å². The van der Waals surface area contributed by atoms with E-state index < -0.39 is 87.3 Å². The SMILES string of the molecule is C[C@H]1C[C@H]2[C@H]3COc4c(F)ccc(F)c4[C@@]3(S(=O)(=O)c3ccc(C(F)(F)F)cc3)CC[C@H]2NS1(=O)=O. The van der Waals surface area contributed by atoms with Crippen LogP contribution in [0.3, 0.4) is 0 Å². The first-order chi connectivity index (χ1) is 16.7. The van der Waals surface area contributed by atoms with E-state index in [9.17, 15) is 34.4 Å². The maximum Gasteiger partial charge on any atom is 0.416 e. The van der Waals surface area contributed by atoms with Gasteiger partial charge in [-0.25, -0.2) is 30.3 Å². The van der Waals surface area contributed by atoms with Gasteiger partial charge in [-0.05, 0) is 68.5 Å². The van der Waals surface area contributed by atoms with Gasteiger partial charge in [-0.3, -0.25) is 0 Å². The van der Waals surface area contributed by atoms with Crippen LogP contribution in [0, 0.1) is 23.5 Å². The van der Waals surface area contributed by atoms with Gasteiger partial charge in [0.2, 0.25) is 10.0 Å². The lowest BCUT2D eigenvalue weighted by molar-refractivity contribution is -0.137. The van der Waals surface area contributed by atoms with E-state index in [1.807, 2.05) is 0 Å². The van der Waals surface area contributed by atoms with Crippen LogP contribution in [-0.2, 0) is 30.8 Å². The van der Waals surface area contributed by atoms with Crippen LogP contribution >= 0.6 is 0 Å². The lowest BCUT2D eigenvalue weighted by Gasteiger charge is -2.54. The van der Waals surface area contributed by atoms with E-state index in [0.717, 1.165) is 24.3 Å². The minimum Gasteiger partial charge on any atom is -0.490 e. The molecule has 0 bridgehead atoms. The zero-order valence-electron chi connectivity index (χ0n) is 18.8. The van der Waals surface area contributed by atoms with Crippen LogP contribution in [0.1, 0.15) is 37.3 Å². The average Bonchev–Trinajstić information content (AvgIpc) is 2.81. The van der Waals surface area contributed by atoms with E-state index in [0.29, 0.717) is 12.1 Å². The Hall–Kier alpha value is -2.25. The molecule has 13 heteroatoms. The van der Waals surface area contributed by atoms with Gasteiger partial charge < -0.3 is 4.74 Å². The number of fused-ring (bicyclic) bond motifs is 5. The van der Waals surface area contributed by atoms with Crippen molar-refractivity contribution >= 4 is 19.9 Å². The van der Waals surface area contributed by atoms with Gasteiger partial charge in [0.25, 0.3) is 0 Å². The minimum atomic E-state index is -4.70. The molecule has 0 spiro atoms. The second-order valence-corrected chi connectivity index (χ2v) is 13.9. The van der Waals surface area contributed by atoms with Crippen molar-refractivity contribution in [2.45, 2.75) is 53.3 Å². The minimum absolute atomic E-state index is 0.00236. The number of sulfonamides is 1. The van der Waals surface area contributed by atoms with E-state index in [4.69, 9.17) is 4.74 Å². The monoisotopic (exact) mass is 551 g/mol. The van der Waals surface area contributed by atoms with Crippen molar-refractivity contribution in [1.82, 2.24) is 4.72 Å². The molecule has 0 radical (unpaired) electrons. The Balaban J connectivity index is 1.73. The van der Waals surface area contributed by atoms with Crippen LogP contribution in [0.2, 0.25) is 0 Å². The van der Waals surface area contributed by atoms with E-state index in [-0.39, 0.29) is 25.9 Å². The lowest BCUT2D eigenvalue weighted by atomic mass is 9.64. The normalized spacial score (nSPS) is 31.5. The fourth-order valence-electron chi connectivity index (χ4n) is 6.02. The summed E-state index contributed by atoms with van der Waals surface area (Å²) in [5.41, 5.74) is -1.56. The third-order valence-corrected chi connectivity index (χ3v) is 12.2. The van der Waals surface area contributed by atoms with Gasteiger partial charge in [0.15, 0.2) is 21.4 Å². The van der Waals surface area contributed by atoms with Gasteiger partial charge in [-0.15, -0.1) is 0 Å². The Bertz CT molecular complexity index is 1430. The molecule has 196 valence electrons. The summed E-state index contributed by atoms with van der Waals surface area (Å²) in [5.74, 6) is -4.12. The maximum absolute atomic E-state index is 15.4. The van der Waals surface area contributed by atoms with E-state index in [1.54, 1.807) is 0 Å². The summed E-state index contributed by atoms with van der Waals surface area (Å²) in [4.78, 5) is -0.472. The third kappa shape index (κ3) is 3.57. The molecule has 1 saturated carbocycles. The molecule has 1 saturated heterocycles. The number of alkyl halides is 3. The highest BCUT2D eigenvalue weighted by Crippen LogP contribution is 2.59. The summed E-state index contributed by atoms with van der Waals surface area (Å²) in [6, 6.07) is 3.85. The molecule has 36 heavy (non-hydrogen) atoms. The van der Waals surface area contributed by atoms with Crippen molar-refractivity contribution in [2.24, 2.45) is 11.8 Å². The van der Waals surface area contributed by atoms with Crippen LogP contribution in [0.15, 0.2) is 41.3 Å². The predicted octanol–water partition coefficient (Wildman–Crippen LogP) is 4.15. The highest BCUT2D eigenvalue weighted by Gasteiger charge is 2.64. The number of nitrogens with one attached hydrogen (secondary N) is 1. The van der Waals surface area contributed by atoms with Crippen molar-refractivity contribution in [1.29, 1.82) is 0 Å². The smallest absolute Gasteiger partial charge is 0.416 e. The number of sulfone groups is 1. The Kier molecular flexibility index (Phi) is 5.73. The first kappa shape index (κ1) is 25.4. The van der Waals surface area contributed by atoms with Crippen LogP contribution in [-0.4, -0.2) is 34.7 Å². The third-order valence-electron chi connectivity index (χ3n) is 7.77. The van der Waals surface area contributed by atoms with Crippen molar-refractivity contribution in [3.05, 3.63) is 59.2 Å². The van der Waals surface area contributed by atoms with Crippen LogP contribution < -0.4 is 9.46 Å². The van der Waals surface area contributed by atoms with Crippen molar-refractivity contribution in [3.8, 4) is 5.75 Å². The highest BCUT2D eigenvalue weighted by molar-refractivity contribution is 7.92. The zero-order valence-corrected chi connectivity index (χ0v) is 20.5. The molecule has 2 aromatic rings. The first-order valence-corrected chi connectivity index (χ1v) is 14.3. The molecule has 5 atom stereocenters. The van der Waals surface area contributed by atoms with Gasteiger partial charge in [0, 0.05) is 12.0 Å². The first-order valence-electron chi connectivity index (χ1n) is 11.2. The Labute approximate surface area is 204 Å². The van der Waals surface area contributed by atoms with Crippen LogP contribution in [0.5, 0.6) is 5.75 Å². The highest BCUT2D eigenvalue weighted by atomic mass is 32.2. The molecule has 2 aromatic carbocycles. The summed E-state index contributed by atoms with van der Waals surface area (Å²) >= 11 is 0. The molecular formula is C23H22F5NO5S2. The van der Waals surface area contributed by atoms with Gasteiger partial charge in [-0.2, -0.15) is 13.2 Å². The maximum atomic E-state index is 15.4. The Morgan fingerprint density at radius 1 is 1.06 bits per heavy atom. The number of hydrogen-bond donors (Lipinski definition) is 1. The summed E-state index contributed by atoms with van der Waals surface area (Å²) in [5, 5.41) is -0.873. The van der Waals surface area contributed by atoms with Gasteiger partial charge in [0.05, 0.1) is 27.9 Å². The van der Waals surface area contributed by atoms with Gasteiger partial charge in [0.1, 0.15) is 10.6 Å². The largest absolute Gasteiger partial charge is 0.490 e. The number of ether oxygens (including phenoxy) is 1. The molecule has 3 aliphatic rings. The molecule has 0 unspecified atom stereocenters. The van der Waals surface area contributed by atoms with Gasteiger partial charge in [-0.1, -0.05) is 0 Å². The molecule has 0 amide bonds. The van der Waals surface area contributed by atoms with E-state index in [2.05, 4.69) is 4.72 Å². The topological polar surface area (TPSA) is 89.5 Å². The fraction of sp³-hybridized carbons (Fsp3) is 0.478. The van der Waals surface area contributed by atoms with Crippen molar-refractivity contribution in [2.75, 3.05) is 6.61 Å². The fourth-order valence-corrected chi connectivity index (χ4v) is 9.84. The molecule has 2 aliphatic heterocycles. The molecule has 0 aromatic heterocycles. The number of benzene rings is 2. The second-order valence-electron chi connectivity index (χ2n) is 9.58. The Morgan fingerprint density at radius 3 is 2.33 bits per heavy atom. The number of halogens is 5.